The summed E-state index contributed by atoms with van der Waals surface area (Å²) in [6.07, 6.45) is 3.61. The number of para-hydroxylation sites is 1. The van der Waals surface area contributed by atoms with E-state index >= 15 is 0 Å². The van der Waals surface area contributed by atoms with Crippen LogP contribution in [0.1, 0.15) is 6.92 Å². The van der Waals surface area contributed by atoms with Crippen LogP contribution in [0, 0.1) is 0 Å². The Morgan fingerprint density at radius 1 is 1.12 bits per heavy atom. The molecule has 2 heterocycles. The molecule has 0 radical (unpaired) electrons. The van der Waals surface area contributed by atoms with Gasteiger partial charge in [-0.3, -0.25) is 4.57 Å². The van der Waals surface area contributed by atoms with Crippen LogP contribution < -0.4 is 10.2 Å². The number of pyridine rings is 1. The van der Waals surface area contributed by atoms with E-state index in [4.69, 9.17) is 0 Å². The summed E-state index contributed by atoms with van der Waals surface area (Å²) in [6.45, 7) is 4.19. The van der Waals surface area contributed by atoms with Gasteiger partial charge in [-0.25, -0.2) is 9.78 Å². The molecular weight excluding hydrogens is 326 g/mol. The number of nitrogens with one attached hydrogen (secondary N) is 1. The zero-order valence-electron chi connectivity index (χ0n) is 15.5. The molecule has 6 nitrogen and oxygen atoms in total. The number of hydrogen-bond donors (Lipinski definition) is 1. The van der Waals surface area contributed by atoms with Crippen LogP contribution in [0.5, 0.6) is 0 Å². The topological polar surface area (TPSA) is 53.4 Å². The number of likely N-dealkylation sites (N-methyl/N-ethyl adjacent to an activating group) is 2. The second kappa shape index (κ2) is 7.91. The standard InChI is InChI=1S/C20H25N5O/c1-4-21-17-9-7-12-22-19(17)23(2)14-15-24(3)20(26)25-13-11-16-8-5-6-10-18(16)25/h5-13,21H,4,14-15H2,1-3H3. The van der Waals surface area contributed by atoms with Crippen molar-refractivity contribution < 1.29 is 4.79 Å². The van der Waals surface area contributed by atoms with E-state index in [9.17, 15) is 4.79 Å². The van der Waals surface area contributed by atoms with Crippen LogP contribution in [-0.2, 0) is 0 Å². The Kier molecular flexibility index (Phi) is 5.41. The minimum Gasteiger partial charge on any atom is -0.382 e. The Balaban J connectivity index is 1.67. The van der Waals surface area contributed by atoms with E-state index in [-0.39, 0.29) is 6.03 Å². The van der Waals surface area contributed by atoms with Gasteiger partial charge in [-0.05, 0) is 31.2 Å². The number of amides is 1. The van der Waals surface area contributed by atoms with Crippen molar-refractivity contribution in [3.05, 3.63) is 54.9 Å². The van der Waals surface area contributed by atoms with Crippen molar-refractivity contribution in [2.45, 2.75) is 6.92 Å². The molecule has 0 saturated carbocycles. The number of carbonyl (C=O) groups is 1. The first-order chi connectivity index (χ1) is 12.6. The SMILES string of the molecule is CCNc1cccnc1N(C)CCN(C)C(=O)n1ccc2ccccc21. The lowest BCUT2D eigenvalue weighted by molar-refractivity contribution is 0.212. The predicted molar refractivity (Wildman–Crippen MR) is 107 cm³/mol. The second-order valence-electron chi connectivity index (χ2n) is 6.28. The fraction of sp³-hybridized carbons (Fsp3) is 0.300. The quantitative estimate of drug-likeness (QED) is 0.738. The third-order valence-corrected chi connectivity index (χ3v) is 4.42. The van der Waals surface area contributed by atoms with Gasteiger partial charge in [0, 0.05) is 51.5 Å². The van der Waals surface area contributed by atoms with Crippen molar-refractivity contribution >= 4 is 28.4 Å². The third kappa shape index (κ3) is 3.64. The van der Waals surface area contributed by atoms with Crippen LogP contribution in [0.3, 0.4) is 0 Å². The molecule has 0 saturated heterocycles. The summed E-state index contributed by atoms with van der Waals surface area (Å²) in [5, 5.41) is 4.39. The van der Waals surface area contributed by atoms with Crippen molar-refractivity contribution in [3.8, 4) is 0 Å². The minimum absolute atomic E-state index is 0.0347. The summed E-state index contributed by atoms with van der Waals surface area (Å²) in [7, 11) is 3.82. The lowest BCUT2D eigenvalue weighted by Gasteiger charge is -2.25. The maximum absolute atomic E-state index is 12.8. The van der Waals surface area contributed by atoms with E-state index < -0.39 is 0 Å². The highest BCUT2D eigenvalue weighted by molar-refractivity contribution is 5.91. The average Bonchev–Trinajstić information content (AvgIpc) is 3.10. The van der Waals surface area contributed by atoms with E-state index in [0.717, 1.165) is 29.0 Å². The Bertz CT molecular complexity index is 889. The minimum atomic E-state index is -0.0347. The van der Waals surface area contributed by atoms with Gasteiger partial charge < -0.3 is 15.1 Å². The van der Waals surface area contributed by atoms with Gasteiger partial charge in [-0.1, -0.05) is 18.2 Å². The fourth-order valence-corrected chi connectivity index (χ4v) is 2.96. The molecule has 1 N–H and O–H groups in total. The maximum atomic E-state index is 12.8. The molecule has 1 amide bonds. The van der Waals surface area contributed by atoms with Gasteiger partial charge in [0.2, 0.25) is 0 Å². The molecule has 6 heteroatoms. The number of nitrogens with zero attached hydrogens (tertiary/aromatic N) is 4. The number of anilines is 2. The van der Waals surface area contributed by atoms with Gasteiger partial charge in [-0.2, -0.15) is 0 Å². The monoisotopic (exact) mass is 351 g/mol. The number of rotatable bonds is 6. The Morgan fingerprint density at radius 3 is 2.73 bits per heavy atom. The number of hydrogen-bond acceptors (Lipinski definition) is 4. The van der Waals surface area contributed by atoms with Crippen molar-refractivity contribution in [3.63, 3.8) is 0 Å². The van der Waals surface area contributed by atoms with Crippen LogP contribution in [0.25, 0.3) is 10.9 Å². The smallest absolute Gasteiger partial charge is 0.328 e. The van der Waals surface area contributed by atoms with E-state index in [0.29, 0.717) is 13.1 Å². The van der Waals surface area contributed by atoms with Crippen LogP contribution in [0.4, 0.5) is 16.3 Å². The van der Waals surface area contributed by atoms with Gasteiger partial charge in [0.1, 0.15) is 0 Å². The number of aromatic nitrogens is 2. The Labute approximate surface area is 154 Å². The second-order valence-corrected chi connectivity index (χ2v) is 6.28. The van der Waals surface area contributed by atoms with Crippen LogP contribution in [0.2, 0.25) is 0 Å². The van der Waals surface area contributed by atoms with Crippen molar-refractivity contribution in [1.29, 1.82) is 0 Å². The predicted octanol–water partition coefficient (Wildman–Crippen LogP) is 3.50. The summed E-state index contributed by atoms with van der Waals surface area (Å²) >= 11 is 0. The van der Waals surface area contributed by atoms with Gasteiger partial charge in [0.05, 0.1) is 11.2 Å². The molecule has 0 fully saturated rings. The fourth-order valence-electron chi connectivity index (χ4n) is 2.96. The van der Waals surface area contributed by atoms with Crippen molar-refractivity contribution in [2.24, 2.45) is 0 Å². The molecule has 0 aliphatic carbocycles. The highest BCUT2D eigenvalue weighted by Gasteiger charge is 2.15. The van der Waals surface area contributed by atoms with Crippen LogP contribution in [-0.4, -0.2) is 54.2 Å². The summed E-state index contributed by atoms with van der Waals surface area (Å²) < 4.78 is 1.69. The number of carbonyl (C=O) groups excluding carboxylic acids is 1. The molecule has 0 atom stereocenters. The largest absolute Gasteiger partial charge is 0.382 e. The van der Waals surface area contributed by atoms with Gasteiger partial charge in [-0.15, -0.1) is 0 Å². The first-order valence-corrected chi connectivity index (χ1v) is 8.83. The molecular formula is C20H25N5O. The van der Waals surface area contributed by atoms with Gasteiger partial charge in [0.25, 0.3) is 0 Å². The van der Waals surface area contributed by atoms with E-state index in [2.05, 4.69) is 22.1 Å². The first kappa shape index (κ1) is 17.8. The lowest BCUT2D eigenvalue weighted by Crippen LogP contribution is -2.37. The molecule has 26 heavy (non-hydrogen) atoms. The van der Waals surface area contributed by atoms with Crippen LogP contribution in [0.15, 0.2) is 54.9 Å². The molecule has 0 aliphatic rings. The van der Waals surface area contributed by atoms with Gasteiger partial charge in [0.15, 0.2) is 5.82 Å². The third-order valence-electron chi connectivity index (χ3n) is 4.42. The molecule has 0 spiro atoms. The molecule has 3 aromatic rings. The molecule has 0 aliphatic heterocycles. The summed E-state index contributed by atoms with van der Waals surface area (Å²) in [4.78, 5) is 21.0. The highest BCUT2D eigenvalue weighted by atomic mass is 16.2. The molecule has 0 unspecified atom stereocenters. The van der Waals surface area contributed by atoms with Crippen LogP contribution >= 0.6 is 0 Å². The summed E-state index contributed by atoms with van der Waals surface area (Å²) in [6, 6.07) is 13.8. The molecule has 0 bridgehead atoms. The maximum Gasteiger partial charge on any atom is 0.328 e. The van der Waals surface area contributed by atoms with E-state index in [1.807, 2.05) is 62.8 Å². The first-order valence-electron chi connectivity index (χ1n) is 8.83. The molecule has 136 valence electrons. The van der Waals surface area contributed by atoms with Crippen molar-refractivity contribution in [2.75, 3.05) is 43.9 Å². The van der Waals surface area contributed by atoms with Crippen molar-refractivity contribution in [1.82, 2.24) is 14.5 Å². The number of benzene rings is 1. The average molecular weight is 351 g/mol. The zero-order chi connectivity index (χ0) is 18.5. The summed E-state index contributed by atoms with van der Waals surface area (Å²) in [5.74, 6) is 0.890. The zero-order valence-corrected chi connectivity index (χ0v) is 15.5. The summed E-state index contributed by atoms with van der Waals surface area (Å²) in [5.41, 5.74) is 1.93. The molecule has 3 rings (SSSR count). The van der Waals surface area contributed by atoms with Gasteiger partial charge >= 0.3 is 6.03 Å². The lowest BCUT2D eigenvalue weighted by atomic mass is 10.2. The highest BCUT2D eigenvalue weighted by Crippen LogP contribution is 2.21. The molecule has 1 aromatic carbocycles. The number of fused-ring (bicyclic) bond motifs is 1. The Hall–Kier alpha value is -3.02. The molecule has 2 aromatic heterocycles. The van der Waals surface area contributed by atoms with E-state index in [1.54, 1.807) is 15.7 Å². The van der Waals surface area contributed by atoms with E-state index in [1.165, 1.54) is 0 Å². The normalized spacial score (nSPS) is 10.7. The Morgan fingerprint density at radius 2 is 1.92 bits per heavy atom.